The maximum absolute atomic E-state index is 11.9. The minimum Gasteiger partial charge on any atom is -0.355 e. The molecule has 2 amide bonds. The van der Waals surface area contributed by atoms with Crippen LogP contribution >= 0.6 is 0 Å². The van der Waals surface area contributed by atoms with Crippen molar-refractivity contribution in [2.75, 3.05) is 19.6 Å². The summed E-state index contributed by atoms with van der Waals surface area (Å²) in [5.74, 6) is 0.0974. The summed E-state index contributed by atoms with van der Waals surface area (Å²) in [6.45, 7) is 5.42. The first-order valence-corrected chi connectivity index (χ1v) is 7.59. The van der Waals surface area contributed by atoms with E-state index in [0.29, 0.717) is 18.9 Å². The lowest BCUT2D eigenvalue weighted by Crippen LogP contribution is -2.38. The molecule has 1 unspecified atom stereocenters. The van der Waals surface area contributed by atoms with Crippen LogP contribution in [-0.4, -0.2) is 42.1 Å². The molecule has 20 heavy (non-hydrogen) atoms. The first-order valence-electron chi connectivity index (χ1n) is 7.59. The van der Waals surface area contributed by atoms with Gasteiger partial charge in [0.15, 0.2) is 0 Å². The van der Waals surface area contributed by atoms with Gasteiger partial charge in [0.25, 0.3) is 0 Å². The van der Waals surface area contributed by atoms with E-state index >= 15 is 0 Å². The normalized spacial score (nSPS) is 23.5. The molecule has 0 spiro atoms. The molecule has 112 valence electrons. The lowest BCUT2D eigenvalue weighted by Gasteiger charge is -2.17. The molecule has 0 aromatic heterocycles. The van der Waals surface area contributed by atoms with Gasteiger partial charge >= 0.3 is 0 Å². The topological polar surface area (TPSA) is 66.5 Å². The molecule has 0 aromatic rings. The Balaban J connectivity index is 1.73. The highest BCUT2D eigenvalue weighted by molar-refractivity contribution is 6.00. The number of hydrogen-bond acceptors (Lipinski definition) is 3. The van der Waals surface area contributed by atoms with Crippen LogP contribution in [0.2, 0.25) is 0 Å². The molecule has 2 rings (SSSR count). The molecule has 1 N–H and O–H groups in total. The van der Waals surface area contributed by atoms with Crippen molar-refractivity contribution in [3.05, 3.63) is 0 Å². The van der Waals surface area contributed by atoms with E-state index in [2.05, 4.69) is 5.32 Å². The van der Waals surface area contributed by atoms with Crippen molar-refractivity contribution in [2.45, 2.75) is 39.5 Å². The molecule has 2 fully saturated rings. The van der Waals surface area contributed by atoms with Crippen molar-refractivity contribution < 1.29 is 14.4 Å². The molecule has 5 nitrogen and oxygen atoms in total. The first kappa shape index (κ1) is 15.0. The number of hydrogen-bond donors (Lipinski definition) is 1. The van der Waals surface area contributed by atoms with Crippen molar-refractivity contribution in [3.8, 4) is 0 Å². The Labute approximate surface area is 120 Å². The van der Waals surface area contributed by atoms with Gasteiger partial charge in [0, 0.05) is 25.6 Å². The summed E-state index contributed by atoms with van der Waals surface area (Å²) in [4.78, 5) is 37.1. The fourth-order valence-electron chi connectivity index (χ4n) is 2.81. The van der Waals surface area contributed by atoms with Crippen LogP contribution in [0.5, 0.6) is 0 Å². The summed E-state index contributed by atoms with van der Waals surface area (Å²) < 4.78 is 0. The van der Waals surface area contributed by atoms with Crippen LogP contribution in [0.3, 0.4) is 0 Å². The summed E-state index contributed by atoms with van der Waals surface area (Å²) in [5.41, 5.74) is 0. The summed E-state index contributed by atoms with van der Waals surface area (Å²) >= 11 is 0. The zero-order chi connectivity index (χ0) is 14.7. The van der Waals surface area contributed by atoms with Gasteiger partial charge in [-0.05, 0) is 38.5 Å². The van der Waals surface area contributed by atoms with Crippen molar-refractivity contribution in [1.29, 1.82) is 0 Å². The van der Waals surface area contributed by atoms with E-state index in [4.69, 9.17) is 0 Å². The van der Waals surface area contributed by atoms with Gasteiger partial charge in [0.05, 0.1) is 5.92 Å². The van der Waals surface area contributed by atoms with Crippen LogP contribution in [0.25, 0.3) is 0 Å². The molecule has 1 saturated heterocycles. The van der Waals surface area contributed by atoms with E-state index in [9.17, 15) is 14.4 Å². The molecule has 0 bridgehead atoms. The van der Waals surface area contributed by atoms with Crippen LogP contribution in [0, 0.1) is 17.8 Å². The van der Waals surface area contributed by atoms with E-state index < -0.39 is 5.92 Å². The van der Waals surface area contributed by atoms with Gasteiger partial charge in [-0.25, -0.2) is 0 Å². The minimum atomic E-state index is -0.527. The number of Topliss-reactive ketones (excluding diaryl/α,β-unsaturated/α-hetero) is 1. The fourth-order valence-corrected chi connectivity index (χ4v) is 2.81. The van der Waals surface area contributed by atoms with E-state index in [-0.39, 0.29) is 23.5 Å². The lowest BCUT2D eigenvalue weighted by atomic mass is 10.0. The summed E-state index contributed by atoms with van der Waals surface area (Å²) in [6.07, 6.45) is 3.55. The van der Waals surface area contributed by atoms with Crippen LogP contribution < -0.4 is 5.32 Å². The number of nitrogens with one attached hydrogen (secondary N) is 1. The van der Waals surface area contributed by atoms with Gasteiger partial charge in [0.1, 0.15) is 5.78 Å². The summed E-state index contributed by atoms with van der Waals surface area (Å²) in [7, 11) is 0. The van der Waals surface area contributed by atoms with Gasteiger partial charge in [-0.1, -0.05) is 6.92 Å². The number of ketones is 1. The van der Waals surface area contributed by atoms with Crippen LogP contribution in [-0.2, 0) is 14.4 Å². The van der Waals surface area contributed by atoms with Gasteiger partial charge in [0.2, 0.25) is 11.8 Å². The largest absolute Gasteiger partial charge is 0.355 e. The van der Waals surface area contributed by atoms with E-state index in [0.717, 1.165) is 32.4 Å². The zero-order valence-electron chi connectivity index (χ0n) is 12.4. The average Bonchev–Trinajstić information content (AvgIpc) is 3.14. The number of carbonyl (C=O) groups is 3. The second kappa shape index (κ2) is 6.37. The molecule has 0 radical (unpaired) electrons. The number of likely N-dealkylation sites (tertiary alicyclic amines) is 1. The smallest absolute Gasteiger partial charge is 0.230 e. The Morgan fingerprint density at radius 3 is 2.50 bits per heavy atom. The average molecular weight is 280 g/mol. The maximum atomic E-state index is 11.9. The molecule has 2 aliphatic rings. The summed E-state index contributed by atoms with van der Waals surface area (Å²) in [6, 6.07) is 0. The quantitative estimate of drug-likeness (QED) is 0.737. The maximum Gasteiger partial charge on any atom is 0.230 e. The van der Waals surface area contributed by atoms with Crippen molar-refractivity contribution in [3.63, 3.8) is 0 Å². The fraction of sp³-hybridized carbons (Fsp3) is 0.800. The predicted octanol–water partition coefficient (Wildman–Crippen LogP) is 0.976. The highest BCUT2D eigenvalue weighted by Gasteiger charge is 2.36. The third-order valence-electron chi connectivity index (χ3n) is 4.30. The molecular formula is C15H24N2O3. The summed E-state index contributed by atoms with van der Waals surface area (Å²) in [5, 5.41) is 2.86. The molecule has 0 aromatic carbocycles. The molecule has 5 heteroatoms. The van der Waals surface area contributed by atoms with Gasteiger partial charge in [-0.15, -0.1) is 0 Å². The highest BCUT2D eigenvalue weighted by Crippen LogP contribution is 2.32. The number of carbonyl (C=O) groups excluding carboxylic acids is 3. The molecule has 2 atom stereocenters. The second-order valence-electron chi connectivity index (χ2n) is 6.03. The van der Waals surface area contributed by atoms with Gasteiger partial charge < -0.3 is 10.2 Å². The van der Waals surface area contributed by atoms with Crippen LogP contribution in [0.4, 0.5) is 0 Å². The van der Waals surface area contributed by atoms with E-state index in [1.165, 1.54) is 6.92 Å². The van der Waals surface area contributed by atoms with E-state index in [1.807, 2.05) is 11.8 Å². The predicted molar refractivity (Wildman–Crippen MR) is 74.9 cm³/mol. The first-order chi connectivity index (χ1) is 9.52. The van der Waals surface area contributed by atoms with Crippen molar-refractivity contribution in [1.82, 2.24) is 10.2 Å². The number of nitrogens with zero attached hydrogens (tertiary/aromatic N) is 1. The molecular weight excluding hydrogens is 256 g/mol. The van der Waals surface area contributed by atoms with Crippen molar-refractivity contribution in [2.24, 2.45) is 17.8 Å². The van der Waals surface area contributed by atoms with E-state index in [1.54, 1.807) is 0 Å². The van der Waals surface area contributed by atoms with Gasteiger partial charge in [-0.3, -0.25) is 14.4 Å². The third-order valence-corrected chi connectivity index (χ3v) is 4.30. The molecule has 1 aliphatic carbocycles. The highest BCUT2D eigenvalue weighted by atomic mass is 16.2. The Kier molecular flexibility index (Phi) is 4.78. The second-order valence-corrected chi connectivity index (χ2v) is 6.03. The third kappa shape index (κ3) is 3.58. The monoisotopic (exact) mass is 280 g/mol. The number of rotatable bonds is 6. The Morgan fingerprint density at radius 2 is 1.95 bits per heavy atom. The lowest BCUT2D eigenvalue weighted by molar-refractivity contribution is -0.133. The van der Waals surface area contributed by atoms with Crippen LogP contribution in [0.1, 0.15) is 39.5 Å². The standard InChI is InChI=1S/C15H24N2O3/c1-3-13(10(2)18)14(19)16-8-11-6-7-17(9-11)15(20)12-4-5-12/h11-13H,3-9H2,1-2H3,(H,16,19)/t11-,13?/m0/s1. The molecule has 1 heterocycles. The zero-order valence-corrected chi connectivity index (χ0v) is 12.4. The Bertz CT molecular complexity index is 404. The van der Waals surface area contributed by atoms with Crippen molar-refractivity contribution >= 4 is 17.6 Å². The minimum absolute atomic E-state index is 0.0815. The molecule has 1 saturated carbocycles. The van der Waals surface area contributed by atoms with Gasteiger partial charge in [-0.2, -0.15) is 0 Å². The molecule has 1 aliphatic heterocycles. The SMILES string of the molecule is CCC(C(C)=O)C(=O)NC[C@@H]1CCN(C(=O)C2CC2)C1. The Morgan fingerprint density at radius 1 is 1.25 bits per heavy atom. The Hall–Kier alpha value is -1.39. The van der Waals surface area contributed by atoms with Crippen LogP contribution in [0.15, 0.2) is 0 Å². The number of amides is 2.